The van der Waals surface area contributed by atoms with Crippen molar-refractivity contribution in [3.05, 3.63) is 0 Å². The van der Waals surface area contributed by atoms with Gasteiger partial charge in [0.1, 0.15) is 0 Å². The van der Waals surface area contributed by atoms with E-state index in [9.17, 15) is 4.79 Å². The lowest BCUT2D eigenvalue weighted by molar-refractivity contribution is -0.125. The van der Waals surface area contributed by atoms with E-state index >= 15 is 0 Å². The number of carbonyl (C=O) groups excluding carboxylic acids is 1. The zero-order chi connectivity index (χ0) is 12.0. The summed E-state index contributed by atoms with van der Waals surface area (Å²) in [4.78, 5) is 11.9. The van der Waals surface area contributed by atoms with E-state index in [0.29, 0.717) is 5.41 Å². The third-order valence-corrected chi connectivity index (χ3v) is 4.32. The van der Waals surface area contributed by atoms with Crippen molar-refractivity contribution in [2.45, 2.75) is 46.5 Å². The lowest BCUT2D eigenvalue weighted by Gasteiger charge is -2.31. The molecule has 1 amide bonds. The second kappa shape index (κ2) is 7.93. The van der Waals surface area contributed by atoms with E-state index < -0.39 is 0 Å². The van der Waals surface area contributed by atoms with Crippen molar-refractivity contribution in [2.75, 3.05) is 19.6 Å². The Morgan fingerprint density at radius 3 is 2.29 bits per heavy atom. The zero-order valence-corrected chi connectivity index (χ0v) is 12.2. The smallest absolute Gasteiger partial charge is 0.224 e. The highest BCUT2D eigenvalue weighted by Crippen LogP contribution is 2.29. The molecule has 3 nitrogen and oxygen atoms in total. The maximum Gasteiger partial charge on any atom is 0.224 e. The van der Waals surface area contributed by atoms with E-state index in [1.165, 1.54) is 0 Å². The van der Waals surface area contributed by atoms with Crippen LogP contribution in [0.4, 0.5) is 0 Å². The van der Waals surface area contributed by atoms with Crippen LogP contribution in [0, 0.1) is 11.3 Å². The summed E-state index contributed by atoms with van der Waals surface area (Å²) in [6.45, 7) is 9.33. The zero-order valence-electron chi connectivity index (χ0n) is 11.3. The van der Waals surface area contributed by atoms with Crippen LogP contribution in [0.5, 0.6) is 0 Å². The topological polar surface area (TPSA) is 41.1 Å². The van der Waals surface area contributed by atoms with Crippen molar-refractivity contribution in [3.63, 3.8) is 0 Å². The molecule has 0 saturated carbocycles. The fraction of sp³-hybridized carbons (Fsp3) is 0.923. The highest BCUT2D eigenvalue weighted by Gasteiger charge is 2.27. The van der Waals surface area contributed by atoms with Gasteiger partial charge in [0.15, 0.2) is 0 Å². The minimum absolute atomic E-state index is 0. The van der Waals surface area contributed by atoms with Crippen LogP contribution in [-0.4, -0.2) is 25.5 Å². The van der Waals surface area contributed by atoms with Gasteiger partial charge in [-0.15, -0.1) is 12.4 Å². The first-order valence-corrected chi connectivity index (χ1v) is 6.66. The lowest BCUT2D eigenvalue weighted by Crippen LogP contribution is -2.40. The lowest BCUT2D eigenvalue weighted by atomic mass is 9.79. The standard InChI is InChI=1S/C13H26N2O.ClH/c1-4-13(5-2,6-3)10-15-12(16)11-7-8-14-9-11;/h11,14H,4-10H2,1-3H3,(H,15,16);1H. The van der Waals surface area contributed by atoms with Gasteiger partial charge in [0.05, 0.1) is 5.92 Å². The van der Waals surface area contributed by atoms with Gasteiger partial charge >= 0.3 is 0 Å². The molecule has 1 atom stereocenters. The van der Waals surface area contributed by atoms with Crippen molar-refractivity contribution >= 4 is 18.3 Å². The van der Waals surface area contributed by atoms with Gasteiger partial charge in [0.25, 0.3) is 0 Å². The van der Waals surface area contributed by atoms with Gasteiger partial charge in [0, 0.05) is 13.1 Å². The highest BCUT2D eigenvalue weighted by atomic mass is 35.5. The summed E-state index contributed by atoms with van der Waals surface area (Å²) in [5.41, 5.74) is 0.307. The Morgan fingerprint density at radius 2 is 1.88 bits per heavy atom. The Bertz CT molecular complexity index is 215. The summed E-state index contributed by atoms with van der Waals surface area (Å²) in [6.07, 6.45) is 4.42. The average molecular weight is 263 g/mol. The molecule has 0 aromatic carbocycles. The molecular formula is C13H27ClN2O. The SMILES string of the molecule is CCC(CC)(CC)CNC(=O)C1CCNC1.Cl. The monoisotopic (exact) mass is 262 g/mol. The van der Waals surface area contributed by atoms with E-state index in [1.807, 2.05) is 0 Å². The Hall–Kier alpha value is -0.280. The first-order valence-electron chi connectivity index (χ1n) is 6.66. The molecule has 1 unspecified atom stereocenters. The van der Waals surface area contributed by atoms with Crippen LogP contribution in [0.3, 0.4) is 0 Å². The summed E-state index contributed by atoms with van der Waals surface area (Å²) in [5.74, 6) is 0.438. The molecule has 0 aromatic heterocycles. The molecule has 1 aliphatic rings. The number of nitrogens with one attached hydrogen (secondary N) is 2. The van der Waals surface area contributed by atoms with E-state index in [4.69, 9.17) is 0 Å². The molecule has 0 aromatic rings. The fourth-order valence-corrected chi connectivity index (χ4v) is 2.42. The van der Waals surface area contributed by atoms with Crippen LogP contribution in [0.2, 0.25) is 0 Å². The average Bonchev–Trinajstić information content (AvgIpc) is 2.85. The highest BCUT2D eigenvalue weighted by molar-refractivity contribution is 5.85. The molecular weight excluding hydrogens is 236 g/mol. The van der Waals surface area contributed by atoms with E-state index in [0.717, 1.165) is 45.3 Å². The van der Waals surface area contributed by atoms with Crippen molar-refractivity contribution in [1.29, 1.82) is 0 Å². The fourth-order valence-electron chi connectivity index (χ4n) is 2.42. The minimum atomic E-state index is 0. The predicted molar refractivity (Wildman–Crippen MR) is 74.5 cm³/mol. The second-order valence-electron chi connectivity index (χ2n) is 4.97. The molecule has 1 rings (SSSR count). The quantitative estimate of drug-likeness (QED) is 0.772. The molecule has 0 spiro atoms. The van der Waals surface area contributed by atoms with Crippen molar-refractivity contribution < 1.29 is 4.79 Å². The summed E-state index contributed by atoms with van der Waals surface area (Å²) >= 11 is 0. The van der Waals surface area contributed by atoms with Crippen LogP contribution in [-0.2, 0) is 4.79 Å². The van der Waals surface area contributed by atoms with Gasteiger partial charge in [-0.25, -0.2) is 0 Å². The molecule has 4 heteroatoms. The van der Waals surface area contributed by atoms with Crippen molar-refractivity contribution in [1.82, 2.24) is 10.6 Å². The van der Waals surface area contributed by atoms with Crippen LogP contribution in [0.1, 0.15) is 46.5 Å². The largest absolute Gasteiger partial charge is 0.355 e. The Kier molecular flexibility index (Phi) is 7.80. The number of hydrogen-bond acceptors (Lipinski definition) is 2. The third kappa shape index (κ3) is 4.47. The Labute approximate surface area is 112 Å². The van der Waals surface area contributed by atoms with Crippen LogP contribution in [0.25, 0.3) is 0 Å². The first-order chi connectivity index (χ1) is 7.67. The molecule has 1 heterocycles. The normalized spacial score (nSPS) is 19.8. The van der Waals surface area contributed by atoms with Crippen molar-refractivity contribution in [2.24, 2.45) is 11.3 Å². The first kappa shape index (κ1) is 16.7. The Balaban J connectivity index is 0.00000256. The second-order valence-corrected chi connectivity index (χ2v) is 4.97. The number of rotatable bonds is 6. The van der Waals surface area contributed by atoms with Crippen molar-refractivity contribution in [3.8, 4) is 0 Å². The van der Waals surface area contributed by atoms with Crippen LogP contribution >= 0.6 is 12.4 Å². The molecule has 1 aliphatic heterocycles. The third-order valence-electron chi connectivity index (χ3n) is 4.32. The van der Waals surface area contributed by atoms with Crippen LogP contribution in [0.15, 0.2) is 0 Å². The summed E-state index contributed by atoms with van der Waals surface area (Å²) in [6, 6.07) is 0. The van der Waals surface area contributed by atoms with E-state index in [-0.39, 0.29) is 24.2 Å². The number of halogens is 1. The van der Waals surface area contributed by atoms with E-state index in [2.05, 4.69) is 31.4 Å². The summed E-state index contributed by atoms with van der Waals surface area (Å²) in [7, 11) is 0. The Morgan fingerprint density at radius 1 is 1.29 bits per heavy atom. The number of hydrogen-bond donors (Lipinski definition) is 2. The maximum atomic E-state index is 11.9. The van der Waals surface area contributed by atoms with Gasteiger partial charge in [-0.1, -0.05) is 20.8 Å². The predicted octanol–water partition coefficient (Wildman–Crippen LogP) is 2.35. The van der Waals surface area contributed by atoms with Gasteiger partial charge in [-0.05, 0) is 37.6 Å². The summed E-state index contributed by atoms with van der Waals surface area (Å²) < 4.78 is 0. The molecule has 1 saturated heterocycles. The number of carbonyl (C=O) groups is 1. The van der Waals surface area contributed by atoms with Gasteiger partial charge < -0.3 is 10.6 Å². The summed E-state index contributed by atoms with van der Waals surface area (Å²) in [5, 5.41) is 6.37. The minimum Gasteiger partial charge on any atom is -0.355 e. The molecule has 102 valence electrons. The molecule has 2 N–H and O–H groups in total. The van der Waals surface area contributed by atoms with Gasteiger partial charge in [-0.3, -0.25) is 4.79 Å². The van der Waals surface area contributed by atoms with E-state index in [1.54, 1.807) is 0 Å². The molecule has 17 heavy (non-hydrogen) atoms. The van der Waals surface area contributed by atoms with Gasteiger partial charge in [0.2, 0.25) is 5.91 Å². The molecule has 0 bridgehead atoms. The van der Waals surface area contributed by atoms with Crippen LogP contribution < -0.4 is 10.6 Å². The molecule has 0 aliphatic carbocycles. The van der Waals surface area contributed by atoms with Gasteiger partial charge in [-0.2, -0.15) is 0 Å². The molecule has 1 fully saturated rings. The molecule has 0 radical (unpaired) electrons. The maximum absolute atomic E-state index is 11.9. The number of amides is 1.